The smallest absolute Gasteiger partial charge is 0.303 e. The topological polar surface area (TPSA) is 79.5 Å². The van der Waals surface area contributed by atoms with Crippen LogP contribution in [0, 0.1) is 5.92 Å². The largest absolute Gasteiger partial charge is 0.481 e. The Morgan fingerprint density at radius 1 is 1.50 bits per heavy atom. The molecule has 1 aromatic heterocycles. The van der Waals surface area contributed by atoms with Crippen LogP contribution in [0.2, 0.25) is 0 Å². The minimum atomic E-state index is -0.712. The number of aromatic nitrogens is 2. The van der Waals surface area contributed by atoms with E-state index in [1.54, 1.807) is 0 Å². The van der Waals surface area contributed by atoms with Gasteiger partial charge in [-0.05, 0) is 25.3 Å². The van der Waals surface area contributed by atoms with Crippen molar-refractivity contribution in [1.82, 2.24) is 15.0 Å². The van der Waals surface area contributed by atoms with Crippen LogP contribution in [0.1, 0.15) is 51.7 Å². The molecule has 2 heterocycles. The molecule has 1 N–H and O–H groups in total. The molecule has 1 unspecified atom stereocenters. The molecule has 1 fully saturated rings. The fourth-order valence-corrected chi connectivity index (χ4v) is 2.44. The lowest BCUT2D eigenvalue weighted by molar-refractivity contribution is -0.137. The first-order chi connectivity index (χ1) is 9.34. The molecule has 0 aromatic carbocycles. The Morgan fingerprint density at radius 2 is 2.25 bits per heavy atom. The van der Waals surface area contributed by atoms with Crippen LogP contribution in [-0.2, 0) is 16.8 Å². The average molecular weight is 281 g/mol. The molecule has 1 aromatic rings. The lowest BCUT2D eigenvalue weighted by Gasteiger charge is -2.13. The monoisotopic (exact) mass is 281 g/mol. The maximum absolute atomic E-state index is 10.6. The summed E-state index contributed by atoms with van der Waals surface area (Å²) in [4.78, 5) is 17.3. The Bertz CT molecular complexity index is 464. The summed E-state index contributed by atoms with van der Waals surface area (Å²) in [5.41, 5.74) is -0.125. The van der Waals surface area contributed by atoms with Crippen LogP contribution in [0.5, 0.6) is 0 Å². The second-order valence-electron chi connectivity index (χ2n) is 6.59. The van der Waals surface area contributed by atoms with Gasteiger partial charge in [-0.2, -0.15) is 4.98 Å². The van der Waals surface area contributed by atoms with Gasteiger partial charge in [0.1, 0.15) is 0 Å². The number of carboxylic acids is 1. The van der Waals surface area contributed by atoms with Crippen LogP contribution < -0.4 is 0 Å². The molecular weight excluding hydrogens is 258 g/mol. The summed E-state index contributed by atoms with van der Waals surface area (Å²) >= 11 is 0. The second-order valence-corrected chi connectivity index (χ2v) is 6.59. The molecule has 1 aliphatic heterocycles. The Morgan fingerprint density at radius 3 is 2.85 bits per heavy atom. The van der Waals surface area contributed by atoms with Gasteiger partial charge in [0.15, 0.2) is 5.82 Å². The normalized spacial score (nSPS) is 20.4. The van der Waals surface area contributed by atoms with Crippen LogP contribution in [0.25, 0.3) is 0 Å². The van der Waals surface area contributed by atoms with Crippen molar-refractivity contribution in [1.29, 1.82) is 0 Å². The van der Waals surface area contributed by atoms with E-state index in [2.05, 4.69) is 15.0 Å². The third-order valence-electron chi connectivity index (χ3n) is 3.61. The summed E-state index contributed by atoms with van der Waals surface area (Å²) in [6, 6.07) is 0. The van der Waals surface area contributed by atoms with Crippen molar-refractivity contribution in [2.24, 2.45) is 5.92 Å². The zero-order valence-electron chi connectivity index (χ0n) is 12.4. The van der Waals surface area contributed by atoms with Crippen LogP contribution >= 0.6 is 0 Å². The minimum absolute atomic E-state index is 0.125. The van der Waals surface area contributed by atoms with Gasteiger partial charge >= 0.3 is 5.97 Å². The molecule has 0 aliphatic carbocycles. The molecule has 0 amide bonds. The van der Waals surface area contributed by atoms with Gasteiger partial charge < -0.3 is 9.63 Å². The fourth-order valence-electron chi connectivity index (χ4n) is 2.44. The van der Waals surface area contributed by atoms with Gasteiger partial charge in [0.05, 0.1) is 6.54 Å². The minimum Gasteiger partial charge on any atom is -0.481 e. The number of carbonyl (C=O) groups is 1. The summed E-state index contributed by atoms with van der Waals surface area (Å²) < 4.78 is 5.28. The highest BCUT2D eigenvalue weighted by Crippen LogP contribution is 2.23. The molecule has 6 heteroatoms. The molecule has 0 bridgehead atoms. The third-order valence-corrected chi connectivity index (χ3v) is 3.61. The van der Waals surface area contributed by atoms with E-state index >= 15 is 0 Å². The van der Waals surface area contributed by atoms with E-state index in [0.29, 0.717) is 24.2 Å². The SMILES string of the molecule is CC(C)(C)c1nc(CN2CCC(CCC(=O)O)C2)no1. The first-order valence-corrected chi connectivity index (χ1v) is 7.12. The lowest BCUT2D eigenvalue weighted by atomic mass is 9.97. The van der Waals surface area contributed by atoms with Gasteiger partial charge in [-0.1, -0.05) is 25.9 Å². The zero-order valence-corrected chi connectivity index (χ0v) is 12.4. The van der Waals surface area contributed by atoms with Gasteiger partial charge in [-0.3, -0.25) is 9.69 Å². The summed E-state index contributed by atoms with van der Waals surface area (Å²) in [5, 5.41) is 12.7. The van der Waals surface area contributed by atoms with Crippen LogP contribution in [-0.4, -0.2) is 39.2 Å². The standard InChI is InChI=1S/C14H23N3O3/c1-14(2,3)13-15-11(16-20-13)9-17-7-6-10(8-17)4-5-12(18)19/h10H,4-9H2,1-3H3,(H,18,19). The first kappa shape index (κ1) is 15.0. The molecule has 1 saturated heterocycles. The van der Waals surface area contributed by atoms with Crippen molar-refractivity contribution in [2.75, 3.05) is 13.1 Å². The number of carboxylic acid groups (broad SMARTS) is 1. The maximum atomic E-state index is 10.6. The zero-order chi connectivity index (χ0) is 14.8. The molecule has 1 aliphatic rings. The fraction of sp³-hybridized carbons (Fsp3) is 0.786. The average Bonchev–Trinajstić information content (AvgIpc) is 2.95. The first-order valence-electron chi connectivity index (χ1n) is 7.12. The molecule has 1 atom stereocenters. The maximum Gasteiger partial charge on any atom is 0.303 e. The van der Waals surface area contributed by atoms with E-state index in [1.807, 2.05) is 20.8 Å². The van der Waals surface area contributed by atoms with E-state index < -0.39 is 5.97 Å². The lowest BCUT2D eigenvalue weighted by Crippen LogP contribution is -2.21. The van der Waals surface area contributed by atoms with Gasteiger partial charge in [-0.25, -0.2) is 0 Å². The molecule has 0 spiro atoms. The van der Waals surface area contributed by atoms with Gasteiger partial charge in [0.25, 0.3) is 0 Å². The van der Waals surface area contributed by atoms with Crippen molar-refractivity contribution in [3.05, 3.63) is 11.7 Å². The quantitative estimate of drug-likeness (QED) is 0.890. The highest BCUT2D eigenvalue weighted by Gasteiger charge is 2.26. The van der Waals surface area contributed by atoms with E-state index in [1.165, 1.54) is 0 Å². The van der Waals surface area contributed by atoms with Crippen molar-refractivity contribution in [3.63, 3.8) is 0 Å². The van der Waals surface area contributed by atoms with Crippen molar-refractivity contribution < 1.29 is 14.4 Å². The Labute approximate surface area is 119 Å². The summed E-state index contributed by atoms with van der Waals surface area (Å²) in [5.74, 6) is 1.14. The Hall–Kier alpha value is -1.43. The Kier molecular flexibility index (Phi) is 4.42. The third kappa shape index (κ3) is 4.03. The summed E-state index contributed by atoms with van der Waals surface area (Å²) in [6.07, 6.45) is 2.07. The molecule has 2 rings (SSSR count). The number of likely N-dealkylation sites (tertiary alicyclic amines) is 1. The van der Waals surface area contributed by atoms with E-state index in [-0.39, 0.29) is 11.8 Å². The molecule has 0 radical (unpaired) electrons. The predicted octanol–water partition coefficient (Wildman–Crippen LogP) is 2.05. The van der Waals surface area contributed by atoms with Crippen molar-refractivity contribution in [3.8, 4) is 0 Å². The number of aliphatic carboxylic acids is 1. The number of rotatable bonds is 5. The van der Waals surface area contributed by atoms with E-state index in [9.17, 15) is 4.79 Å². The Balaban J connectivity index is 1.83. The molecular formula is C14H23N3O3. The molecule has 20 heavy (non-hydrogen) atoms. The number of hydrogen-bond acceptors (Lipinski definition) is 5. The highest BCUT2D eigenvalue weighted by atomic mass is 16.5. The molecule has 112 valence electrons. The van der Waals surface area contributed by atoms with Crippen molar-refractivity contribution in [2.45, 2.75) is 52.0 Å². The number of hydrogen-bond donors (Lipinski definition) is 1. The van der Waals surface area contributed by atoms with Crippen LogP contribution in [0.4, 0.5) is 0 Å². The second kappa shape index (κ2) is 5.91. The van der Waals surface area contributed by atoms with Crippen molar-refractivity contribution >= 4 is 5.97 Å². The van der Waals surface area contributed by atoms with Crippen LogP contribution in [0.3, 0.4) is 0 Å². The summed E-state index contributed by atoms with van der Waals surface area (Å²) in [6.45, 7) is 8.71. The summed E-state index contributed by atoms with van der Waals surface area (Å²) in [7, 11) is 0. The van der Waals surface area contributed by atoms with Gasteiger partial charge in [-0.15, -0.1) is 0 Å². The molecule has 0 saturated carbocycles. The van der Waals surface area contributed by atoms with E-state index in [0.717, 1.165) is 25.9 Å². The molecule has 6 nitrogen and oxygen atoms in total. The van der Waals surface area contributed by atoms with Gasteiger partial charge in [0.2, 0.25) is 5.89 Å². The predicted molar refractivity (Wildman–Crippen MR) is 73.3 cm³/mol. The number of nitrogens with zero attached hydrogens (tertiary/aromatic N) is 3. The highest BCUT2D eigenvalue weighted by molar-refractivity contribution is 5.66. The van der Waals surface area contributed by atoms with Crippen LogP contribution in [0.15, 0.2) is 4.52 Å². The van der Waals surface area contributed by atoms with Gasteiger partial charge in [0, 0.05) is 18.4 Å². The van der Waals surface area contributed by atoms with E-state index in [4.69, 9.17) is 9.63 Å².